The monoisotopic (exact) mass is 497 g/mol. The molecule has 37 heavy (non-hydrogen) atoms. The van der Waals surface area contributed by atoms with Crippen LogP contribution in [0.1, 0.15) is 38.0 Å². The maximum Gasteiger partial charge on any atom is 0.256 e. The molecule has 9 nitrogen and oxygen atoms in total. The first-order chi connectivity index (χ1) is 18.0. The van der Waals surface area contributed by atoms with Gasteiger partial charge in [-0.25, -0.2) is 0 Å². The van der Waals surface area contributed by atoms with Gasteiger partial charge in [0.25, 0.3) is 11.8 Å². The zero-order valence-electron chi connectivity index (χ0n) is 20.7. The number of likely N-dealkylation sites (tertiary alicyclic amines) is 1. The number of pyridine rings is 2. The number of fused-ring (bicyclic) bond motifs is 4. The normalized spacial score (nSPS) is 18.0. The van der Waals surface area contributed by atoms with Gasteiger partial charge in [0.15, 0.2) is 0 Å². The molecule has 188 valence electrons. The molecule has 1 fully saturated rings. The summed E-state index contributed by atoms with van der Waals surface area (Å²) in [5.74, 6) is 0.443. The van der Waals surface area contributed by atoms with Crippen LogP contribution in [0, 0.1) is 0 Å². The summed E-state index contributed by atoms with van der Waals surface area (Å²) in [6.45, 7) is 1.05. The van der Waals surface area contributed by atoms with E-state index in [1.165, 1.54) is 0 Å². The molecule has 2 aliphatic heterocycles. The molecule has 0 bridgehead atoms. The quantitative estimate of drug-likeness (QED) is 0.465. The zero-order valence-corrected chi connectivity index (χ0v) is 20.7. The van der Waals surface area contributed by atoms with E-state index in [-0.39, 0.29) is 18.4 Å². The zero-order chi connectivity index (χ0) is 25.7. The highest BCUT2D eigenvalue weighted by Crippen LogP contribution is 2.50. The predicted octanol–water partition coefficient (Wildman–Crippen LogP) is 2.56. The molecular formula is C28H27N5O4. The maximum absolute atomic E-state index is 13.7. The number of carbonyl (C=O) groups excluding carboxylic acids is 2. The Morgan fingerprint density at radius 3 is 2.30 bits per heavy atom. The number of amides is 2. The Kier molecular flexibility index (Phi) is 5.45. The standard InChI is InChI=1S/C28H27N5O4/c1-31-22-11-20(37-2)7-8-21(22)24-25(31)23(14-34)33(27(36)19-6-4-10-30-13-19)17-28(24)15-32(16-28)26(35)18-5-3-9-29-12-18/h3-13,23,34H,14-17H2,1-2H3/t23-/m0/s1. The third-order valence-electron chi connectivity index (χ3n) is 7.67. The molecule has 5 heterocycles. The number of aromatic nitrogens is 3. The van der Waals surface area contributed by atoms with Crippen LogP contribution in [-0.2, 0) is 12.5 Å². The van der Waals surface area contributed by atoms with E-state index in [1.54, 1.807) is 66.0 Å². The number of aliphatic hydroxyl groups excluding tert-OH is 1. The molecule has 0 saturated carbocycles. The van der Waals surface area contributed by atoms with Crippen LogP contribution in [0.15, 0.2) is 67.3 Å². The summed E-state index contributed by atoms with van der Waals surface area (Å²) in [7, 11) is 3.58. The van der Waals surface area contributed by atoms with E-state index in [9.17, 15) is 14.7 Å². The second-order valence-corrected chi connectivity index (χ2v) is 9.76. The topological polar surface area (TPSA) is 101 Å². The van der Waals surface area contributed by atoms with Gasteiger partial charge in [0.05, 0.1) is 41.8 Å². The smallest absolute Gasteiger partial charge is 0.256 e. The summed E-state index contributed by atoms with van der Waals surface area (Å²) in [5, 5.41) is 11.6. The largest absolute Gasteiger partial charge is 0.497 e. The highest BCUT2D eigenvalue weighted by molar-refractivity contribution is 5.97. The molecule has 4 aromatic rings. The number of rotatable bonds is 4. The first-order valence-corrected chi connectivity index (χ1v) is 12.2. The van der Waals surface area contributed by atoms with Crippen molar-refractivity contribution in [2.45, 2.75) is 11.5 Å². The SMILES string of the molecule is COc1ccc2c3c(n(C)c2c1)[C@H](CO)N(C(=O)c1cccnc1)CC31CN(C(=O)c2cccnc2)C1. The number of aryl methyl sites for hydroxylation is 1. The van der Waals surface area contributed by atoms with Crippen LogP contribution in [0.2, 0.25) is 0 Å². The average molecular weight is 498 g/mol. The van der Waals surface area contributed by atoms with Crippen molar-refractivity contribution in [2.75, 3.05) is 33.4 Å². The minimum absolute atomic E-state index is 0.0865. The Labute approximate surface area is 213 Å². The van der Waals surface area contributed by atoms with E-state index >= 15 is 0 Å². The summed E-state index contributed by atoms with van der Waals surface area (Å²) in [4.78, 5) is 38.7. The fourth-order valence-electron chi connectivity index (χ4n) is 5.98. The lowest BCUT2D eigenvalue weighted by atomic mass is 9.68. The summed E-state index contributed by atoms with van der Waals surface area (Å²) >= 11 is 0. The Morgan fingerprint density at radius 1 is 1.03 bits per heavy atom. The molecule has 1 aromatic carbocycles. The van der Waals surface area contributed by atoms with Gasteiger partial charge in [-0.15, -0.1) is 0 Å². The number of aliphatic hydroxyl groups is 1. The fourth-order valence-corrected chi connectivity index (χ4v) is 5.98. The van der Waals surface area contributed by atoms with Crippen molar-refractivity contribution in [3.63, 3.8) is 0 Å². The van der Waals surface area contributed by atoms with Crippen LogP contribution >= 0.6 is 0 Å². The highest BCUT2D eigenvalue weighted by atomic mass is 16.5. The minimum atomic E-state index is -0.542. The summed E-state index contributed by atoms with van der Waals surface area (Å²) < 4.78 is 7.52. The number of carbonyl (C=O) groups is 2. The molecule has 1 N–H and O–H groups in total. The van der Waals surface area contributed by atoms with Gasteiger partial charge >= 0.3 is 0 Å². The lowest BCUT2D eigenvalue weighted by molar-refractivity contribution is 0.00232. The molecule has 3 aromatic heterocycles. The molecule has 1 saturated heterocycles. The lowest BCUT2D eigenvalue weighted by Gasteiger charge is -2.56. The van der Waals surface area contributed by atoms with Crippen molar-refractivity contribution >= 4 is 22.7 Å². The van der Waals surface area contributed by atoms with Crippen molar-refractivity contribution < 1.29 is 19.4 Å². The van der Waals surface area contributed by atoms with E-state index in [0.29, 0.717) is 30.8 Å². The van der Waals surface area contributed by atoms with Crippen LogP contribution in [0.25, 0.3) is 10.9 Å². The summed E-state index contributed by atoms with van der Waals surface area (Å²) in [6, 6.07) is 12.4. The predicted molar refractivity (Wildman–Crippen MR) is 136 cm³/mol. The van der Waals surface area contributed by atoms with Gasteiger partial charge in [-0.1, -0.05) is 0 Å². The number of ether oxygens (including phenoxy) is 1. The van der Waals surface area contributed by atoms with Crippen molar-refractivity contribution in [3.05, 3.63) is 89.6 Å². The molecule has 2 aliphatic rings. The number of methoxy groups -OCH3 is 1. The average Bonchev–Trinajstić information content (AvgIpc) is 3.23. The maximum atomic E-state index is 13.7. The molecule has 1 atom stereocenters. The van der Waals surface area contributed by atoms with Crippen LogP contribution < -0.4 is 4.74 Å². The molecular weight excluding hydrogens is 470 g/mol. The third kappa shape index (κ3) is 3.49. The number of nitrogens with zero attached hydrogens (tertiary/aromatic N) is 5. The Bertz CT molecular complexity index is 1500. The van der Waals surface area contributed by atoms with Crippen molar-refractivity contribution in [3.8, 4) is 5.75 Å². The lowest BCUT2D eigenvalue weighted by Crippen LogP contribution is -2.68. The molecule has 0 aliphatic carbocycles. The first-order valence-electron chi connectivity index (χ1n) is 12.2. The van der Waals surface area contributed by atoms with Crippen LogP contribution in [0.5, 0.6) is 5.75 Å². The number of hydrogen-bond donors (Lipinski definition) is 1. The van der Waals surface area contributed by atoms with Crippen molar-refractivity contribution in [1.82, 2.24) is 24.3 Å². The van der Waals surface area contributed by atoms with Gasteiger partial charge in [-0.3, -0.25) is 19.6 Å². The second-order valence-electron chi connectivity index (χ2n) is 9.76. The molecule has 6 rings (SSSR count). The van der Waals surface area contributed by atoms with Crippen LogP contribution in [0.4, 0.5) is 0 Å². The van der Waals surface area contributed by atoms with E-state index in [1.807, 2.05) is 29.8 Å². The van der Waals surface area contributed by atoms with Crippen molar-refractivity contribution in [1.29, 1.82) is 0 Å². The second kappa shape index (κ2) is 8.70. The first kappa shape index (κ1) is 23.2. The molecule has 2 amide bonds. The van der Waals surface area contributed by atoms with Crippen molar-refractivity contribution in [2.24, 2.45) is 7.05 Å². The molecule has 1 spiro atoms. The van der Waals surface area contributed by atoms with E-state index in [0.717, 1.165) is 27.9 Å². The summed E-state index contributed by atoms with van der Waals surface area (Å²) in [5.41, 5.74) is 3.43. The van der Waals surface area contributed by atoms with Gasteiger partial charge in [0, 0.05) is 68.6 Å². The van der Waals surface area contributed by atoms with Crippen LogP contribution in [-0.4, -0.2) is 74.6 Å². The Morgan fingerprint density at radius 2 is 1.70 bits per heavy atom. The van der Waals surface area contributed by atoms with Gasteiger partial charge in [-0.05, 0) is 42.0 Å². The molecule has 0 radical (unpaired) electrons. The van der Waals surface area contributed by atoms with E-state index in [2.05, 4.69) is 9.97 Å². The highest BCUT2D eigenvalue weighted by Gasteiger charge is 2.55. The number of benzene rings is 1. The molecule has 0 unspecified atom stereocenters. The molecule has 9 heteroatoms. The fraction of sp³-hybridized carbons (Fsp3) is 0.286. The van der Waals surface area contributed by atoms with Gasteiger partial charge in [0.2, 0.25) is 0 Å². The van der Waals surface area contributed by atoms with Gasteiger partial charge in [0.1, 0.15) is 5.75 Å². The third-order valence-corrected chi connectivity index (χ3v) is 7.67. The van der Waals surface area contributed by atoms with E-state index in [4.69, 9.17) is 4.74 Å². The van der Waals surface area contributed by atoms with Gasteiger partial charge in [-0.2, -0.15) is 0 Å². The Hall–Kier alpha value is -4.24. The van der Waals surface area contributed by atoms with E-state index < -0.39 is 11.5 Å². The number of hydrogen-bond acceptors (Lipinski definition) is 6. The van der Waals surface area contributed by atoms with Gasteiger partial charge < -0.3 is 24.2 Å². The summed E-state index contributed by atoms with van der Waals surface area (Å²) in [6.07, 6.45) is 6.39. The minimum Gasteiger partial charge on any atom is -0.497 e. The van der Waals surface area contributed by atoms with Crippen LogP contribution in [0.3, 0.4) is 0 Å². The Balaban J connectivity index is 1.48.